The van der Waals surface area contributed by atoms with E-state index in [9.17, 15) is 0 Å². The molecular weight excluding hydrogens is 108 g/mol. The van der Waals surface area contributed by atoms with Crippen molar-refractivity contribution in [3.63, 3.8) is 0 Å². The van der Waals surface area contributed by atoms with E-state index in [1.807, 2.05) is 0 Å². The fraction of sp³-hybridized carbons (Fsp3) is 0.111. The van der Waals surface area contributed by atoms with Gasteiger partial charge in [0.2, 0.25) is 0 Å². The molecule has 0 N–H and O–H groups in total. The summed E-state index contributed by atoms with van der Waals surface area (Å²) in [4.78, 5) is 0. The normalized spacial score (nSPS) is 11.2. The molecule has 0 saturated heterocycles. The summed E-state index contributed by atoms with van der Waals surface area (Å²) in [7, 11) is 0. The minimum absolute atomic E-state index is 1.22. The van der Waals surface area contributed by atoms with E-state index in [2.05, 4.69) is 31.7 Å². The van der Waals surface area contributed by atoms with Gasteiger partial charge in [-0.1, -0.05) is 24.8 Å². The van der Waals surface area contributed by atoms with Gasteiger partial charge < -0.3 is 0 Å². The fourth-order valence-electron chi connectivity index (χ4n) is 1.37. The molecule has 0 amide bonds. The zero-order valence-electron chi connectivity index (χ0n) is 5.44. The lowest BCUT2D eigenvalue weighted by molar-refractivity contribution is 1.50. The van der Waals surface area contributed by atoms with E-state index >= 15 is 0 Å². The topological polar surface area (TPSA) is 0 Å². The Hall–Kier alpha value is -1.04. The van der Waals surface area contributed by atoms with Crippen molar-refractivity contribution in [2.75, 3.05) is 0 Å². The van der Waals surface area contributed by atoms with Crippen molar-refractivity contribution in [1.29, 1.82) is 0 Å². The smallest absolute Gasteiger partial charge is 0.0148 e. The van der Waals surface area contributed by atoms with Crippen LogP contribution in [0.15, 0.2) is 18.2 Å². The van der Waals surface area contributed by atoms with Crippen molar-refractivity contribution in [2.45, 2.75) is 6.92 Å². The van der Waals surface area contributed by atoms with Crippen LogP contribution >= 0.6 is 0 Å². The predicted molar refractivity (Wildman–Crippen MR) is 40.6 cm³/mol. The Morgan fingerprint density at radius 2 is 1.78 bits per heavy atom. The Morgan fingerprint density at radius 3 is 2.00 bits per heavy atom. The highest BCUT2D eigenvalue weighted by Crippen LogP contribution is 2.16. The van der Waals surface area contributed by atoms with Crippen molar-refractivity contribution in [2.24, 2.45) is 0 Å². The summed E-state index contributed by atoms with van der Waals surface area (Å²) >= 11 is 0. The number of hydrogen-bond acceptors (Lipinski definition) is 0. The molecule has 0 radical (unpaired) electrons. The Morgan fingerprint density at radius 1 is 1.22 bits per heavy atom. The Balaban J connectivity index is 3.06. The first-order valence-electron chi connectivity index (χ1n) is 3.10. The lowest BCUT2D eigenvalue weighted by Gasteiger charge is -2.08. The van der Waals surface area contributed by atoms with Crippen LogP contribution in [0.3, 0.4) is 0 Å². The molecule has 0 saturated carbocycles. The molecule has 0 atom stereocenters. The molecule has 0 aliphatic carbocycles. The summed E-state index contributed by atoms with van der Waals surface area (Å²) in [6.07, 6.45) is 0. The summed E-state index contributed by atoms with van der Waals surface area (Å²) in [5.74, 6) is 0. The van der Waals surface area contributed by atoms with Gasteiger partial charge in [-0.2, -0.15) is 0 Å². The third-order valence-electron chi connectivity index (χ3n) is 1.98. The molecule has 0 spiro atoms. The number of benzene rings is 2. The third kappa shape index (κ3) is 0.390. The predicted octanol–water partition coefficient (Wildman–Crippen LogP) is 1.72. The van der Waals surface area contributed by atoms with Gasteiger partial charge in [0, 0.05) is 0 Å². The summed E-state index contributed by atoms with van der Waals surface area (Å²) in [5, 5.41) is 3.90. The molecule has 3 aromatic rings. The summed E-state index contributed by atoms with van der Waals surface area (Å²) < 4.78 is 0. The van der Waals surface area contributed by atoms with Gasteiger partial charge in [-0.3, -0.25) is 0 Å². The number of fused-ring (bicyclic) bond motifs is 2. The average molecular weight is 116 g/mol. The maximum Gasteiger partial charge on any atom is -0.0148 e. The molecule has 0 aliphatic rings. The standard InChI is InChI=1S/C9H8/c1-6-8-4-3-5-9(6)7(8)2/h3-5H,1H2,2H3. The van der Waals surface area contributed by atoms with Crippen LogP contribution in [0.1, 0.15) is 5.56 Å². The first-order valence-corrected chi connectivity index (χ1v) is 3.10. The van der Waals surface area contributed by atoms with Crippen LogP contribution in [-0.4, -0.2) is 0 Å². The molecule has 2 bridgehead atoms. The SMILES string of the molecule is C=c1c2cccc1c2C. The first kappa shape index (κ1) is 4.80. The van der Waals surface area contributed by atoms with Crippen molar-refractivity contribution in [3.05, 3.63) is 29.0 Å². The van der Waals surface area contributed by atoms with Crippen LogP contribution in [0.5, 0.6) is 0 Å². The molecule has 0 nitrogen and oxygen atoms in total. The summed E-state index contributed by atoms with van der Waals surface area (Å²) in [6, 6.07) is 6.31. The minimum Gasteiger partial charge on any atom is -0.0905 e. The van der Waals surface area contributed by atoms with Gasteiger partial charge in [0.15, 0.2) is 0 Å². The molecule has 44 valence electrons. The van der Waals surface area contributed by atoms with Crippen molar-refractivity contribution < 1.29 is 0 Å². The van der Waals surface area contributed by atoms with E-state index in [1.54, 1.807) is 0 Å². The quantitative estimate of drug-likeness (QED) is 0.491. The van der Waals surface area contributed by atoms with Crippen LogP contribution < -0.4 is 5.22 Å². The summed E-state index contributed by atoms with van der Waals surface area (Å²) in [6.45, 7) is 6.06. The van der Waals surface area contributed by atoms with Crippen molar-refractivity contribution in [3.8, 4) is 0 Å². The Labute approximate surface area is 54.1 Å². The molecule has 9 heavy (non-hydrogen) atoms. The largest absolute Gasteiger partial charge is 0.0905 e. The van der Waals surface area contributed by atoms with E-state index in [0.29, 0.717) is 0 Å². The number of aryl methyl sites for hydroxylation is 1. The second kappa shape index (κ2) is 1.27. The number of hydrogen-bond donors (Lipinski definition) is 0. The minimum atomic E-state index is 1.22. The van der Waals surface area contributed by atoms with Gasteiger partial charge in [-0.05, 0) is 28.5 Å². The summed E-state index contributed by atoms with van der Waals surface area (Å²) in [5.41, 5.74) is 1.41. The molecule has 0 fully saturated rings. The lowest BCUT2D eigenvalue weighted by atomic mass is 9.96. The Bertz CT molecular complexity index is 330. The monoisotopic (exact) mass is 116 g/mol. The molecule has 0 aromatic heterocycles. The first-order chi connectivity index (χ1) is 4.30. The van der Waals surface area contributed by atoms with Crippen LogP contribution in [-0.2, 0) is 0 Å². The zero-order chi connectivity index (χ0) is 6.43. The highest BCUT2D eigenvalue weighted by Gasteiger charge is 2.03. The number of rotatable bonds is 0. The molecule has 0 aliphatic heterocycles. The highest BCUT2D eigenvalue weighted by molar-refractivity contribution is 5.88. The van der Waals surface area contributed by atoms with E-state index in [1.165, 1.54) is 21.6 Å². The third-order valence-corrected chi connectivity index (χ3v) is 1.98. The van der Waals surface area contributed by atoms with E-state index < -0.39 is 0 Å². The van der Waals surface area contributed by atoms with E-state index in [0.717, 1.165) is 0 Å². The zero-order valence-corrected chi connectivity index (χ0v) is 5.44. The fourth-order valence-corrected chi connectivity index (χ4v) is 1.37. The van der Waals surface area contributed by atoms with Gasteiger partial charge in [-0.15, -0.1) is 0 Å². The van der Waals surface area contributed by atoms with Crippen LogP contribution in [0.25, 0.3) is 17.4 Å². The molecule has 0 heteroatoms. The van der Waals surface area contributed by atoms with Crippen LogP contribution in [0, 0.1) is 6.92 Å². The molecule has 3 aromatic carbocycles. The van der Waals surface area contributed by atoms with Gasteiger partial charge in [0.05, 0.1) is 0 Å². The van der Waals surface area contributed by atoms with Crippen molar-refractivity contribution >= 4 is 17.4 Å². The van der Waals surface area contributed by atoms with Gasteiger partial charge in [0.1, 0.15) is 0 Å². The van der Waals surface area contributed by atoms with Gasteiger partial charge in [-0.25, -0.2) is 0 Å². The van der Waals surface area contributed by atoms with E-state index in [4.69, 9.17) is 0 Å². The molecule has 3 rings (SSSR count). The second-order valence-corrected chi connectivity index (χ2v) is 2.46. The molecule has 0 unspecified atom stereocenters. The highest BCUT2D eigenvalue weighted by atomic mass is 14.1. The Kier molecular flexibility index (Phi) is 0.677. The maximum atomic E-state index is 3.92. The van der Waals surface area contributed by atoms with Crippen molar-refractivity contribution in [1.82, 2.24) is 0 Å². The molecule has 0 heterocycles. The van der Waals surface area contributed by atoms with Gasteiger partial charge in [0.25, 0.3) is 0 Å². The second-order valence-electron chi connectivity index (χ2n) is 2.46. The lowest BCUT2D eigenvalue weighted by Crippen LogP contribution is -2.10. The van der Waals surface area contributed by atoms with Crippen LogP contribution in [0.4, 0.5) is 0 Å². The van der Waals surface area contributed by atoms with Crippen LogP contribution in [0.2, 0.25) is 0 Å². The average Bonchev–Trinajstić information content (AvgIpc) is 1.91. The van der Waals surface area contributed by atoms with E-state index in [-0.39, 0.29) is 0 Å². The maximum absolute atomic E-state index is 3.92. The molecular formula is C9H8. The van der Waals surface area contributed by atoms with Gasteiger partial charge >= 0.3 is 0 Å².